The molecule has 0 aliphatic heterocycles. The molecule has 5 heteroatoms. The summed E-state index contributed by atoms with van der Waals surface area (Å²) in [5.74, 6) is 1.63. The van der Waals surface area contributed by atoms with Gasteiger partial charge in [0.25, 0.3) is 5.56 Å². The van der Waals surface area contributed by atoms with Gasteiger partial charge in [0.2, 0.25) is 0 Å². The van der Waals surface area contributed by atoms with Gasteiger partial charge in [-0.2, -0.15) is 0 Å². The lowest BCUT2D eigenvalue weighted by Crippen LogP contribution is -2.27. The number of rotatable bonds is 3. The number of fused-ring (bicyclic) bond motifs is 3. The summed E-state index contributed by atoms with van der Waals surface area (Å²) in [7, 11) is 0. The van der Waals surface area contributed by atoms with Gasteiger partial charge in [0.1, 0.15) is 4.83 Å². The topological polar surface area (TPSA) is 34.9 Å². The number of hydrogen-bond donors (Lipinski definition) is 0. The van der Waals surface area contributed by atoms with E-state index in [1.807, 2.05) is 11.5 Å². The maximum absolute atomic E-state index is 13.0. The highest BCUT2D eigenvalue weighted by molar-refractivity contribution is 7.99. The van der Waals surface area contributed by atoms with Crippen LogP contribution in [0.5, 0.6) is 0 Å². The number of nitrogens with zero attached hydrogens (tertiary/aromatic N) is 2. The lowest BCUT2D eigenvalue weighted by Gasteiger charge is -2.33. The predicted octanol–water partition coefficient (Wildman–Crippen LogP) is 4.74. The van der Waals surface area contributed by atoms with E-state index in [9.17, 15) is 4.79 Å². The Hall–Kier alpha value is -0.810. The van der Waals surface area contributed by atoms with Crippen LogP contribution in [0.4, 0.5) is 0 Å². The summed E-state index contributed by atoms with van der Waals surface area (Å²) in [6, 6.07) is 0. The molecule has 0 bridgehead atoms. The maximum Gasteiger partial charge on any atom is 0.263 e. The molecule has 1 aliphatic carbocycles. The summed E-state index contributed by atoms with van der Waals surface area (Å²) in [5, 5.41) is 1.78. The third-order valence-electron chi connectivity index (χ3n) is 4.95. The molecule has 0 amide bonds. The zero-order valence-corrected chi connectivity index (χ0v) is 16.4. The molecule has 23 heavy (non-hydrogen) atoms. The second-order valence-electron chi connectivity index (χ2n) is 7.37. The fourth-order valence-electron chi connectivity index (χ4n) is 3.50. The van der Waals surface area contributed by atoms with E-state index >= 15 is 0 Å². The van der Waals surface area contributed by atoms with Crippen LogP contribution < -0.4 is 5.56 Å². The van der Waals surface area contributed by atoms with Crippen LogP contribution in [0.2, 0.25) is 0 Å². The van der Waals surface area contributed by atoms with Gasteiger partial charge in [-0.3, -0.25) is 9.36 Å². The molecule has 1 aliphatic rings. The van der Waals surface area contributed by atoms with E-state index in [4.69, 9.17) is 4.98 Å². The van der Waals surface area contributed by atoms with Gasteiger partial charge in [0.05, 0.1) is 5.39 Å². The third-order valence-corrected chi connectivity index (χ3v) is 6.95. The van der Waals surface area contributed by atoms with Crippen molar-refractivity contribution < 1.29 is 0 Å². The van der Waals surface area contributed by atoms with Crippen molar-refractivity contribution in [3.63, 3.8) is 0 Å². The van der Waals surface area contributed by atoms with Crippen molar-refractivity contribution in [2.45, 2.75) is 65.6 Å². The van der Waals surface area contributed by atoms with Gasteiger partial charge in [-0.05, 0) is 48.8 Å². The number of thiophene rings is 1. The van der Waals surface area contributed by atoms with Crippen molar-refractivity contribution in [1.29, 1.82) is 0 Å². The van der Waals surface area contributed by atoms with Crippen LogP contribution in [-0.2, 0) is 19.4 Å². The molecule has 0 aromatic carbocycles. The van der Waals surface area contributed by atoms with E-state index in [1.165, 1.54) is 16.9 Å². The van der Waals surface area contributed by atoms with E-state index in [2.05, 4.69) is 27.7 Å². The second-order valence-corrected chi connectivity index (χ2v) is 9.68. The number of aryl methyl sites for hydroxylation is 1. The van der Waals surface area contributed by atoms with E-state index in [0.29, 0.717) is 17.9 Å². The Labute approximate surface area is 146 Å². The van der Waals surface area contributed by atoms with Crippen molar-refractivity contribution in [1.82, 2.24) is 9.55 Å². The fraction of sp³-hybridized carbons (Fsp3) is 0.667. The van der Waals surface area contributed by atoms with E-state index in [0.717, 1.165) is 34.0 Å². The normalized spacial score (nSPS) is 18.4. The Morgan fingerprint density at radius 1 is 1.35 bits per heavy atom. The molecular formula is C18H26N2OS2. The van der Waals surface area contributed by atoms with Gasteiger partial charge < -0.3 is 0 Å². The molecular weight excluding hydrogens is 324 g/mol. The minimum atomic E-state index is 0.167. The molecule has 0 unspecified atom stereocenters. The monoisotopic (exact) mass is 350 g/mol. The van der Waals surface area contributed by atoms with E-state index in [1.54, 1.807) is 23.1 Å². The molecule has 3 nitrogen and oxygen atoms in total. The van der Waals surface area contributed by atoms with Gasteiger partial charge in [-0.25, -0.2) is 4.98 Å². The summed E-state index contributed by atoms with van der Waals surface area (Å²) in [6.45, 7) is 11.8. The van der Waals surface area contributed by atoms with Gasteiger partial charge in [-0.15, -0.1) is 11.3 Å². The highest BCUT2D eigenvalue weighted by Gasteiger charge is 2.32. The van der Waals surface area contributed by atoms with Crippen molar-refractivity contribution in [3.8, 4) is 0 Å². The van der Waals surface area contributed by atoms with Crippen LogP contribution in [0.1, 0.15) is 51.5 Å². The predicted molar refractivity (Wildman–Crippen MR) is 101 cm³/mol. The summed E-state index contributed by atoms with van der Waals surface area (Å²) in [5.41, 5.74) is 1.78. The smallest absolute Gasteiger partial charge is 0.263 e. The first-order valence-electron chi connectivity index (χ1n) is 8.54. The van der Waals surface area contributed by atoms with Crippen LogP contribution in [-0.4, -0.2) is 15.3 Å². The minimum Gasteiger partial charge on any atom is -0.287 e. The molecule has 0 saturated carbocycles. The molecule has 1 atom stereocenters. The molecule has 3 rings (SSSR count). The molecule has 2 heterocycles. The summed E-state index contributed by atoms with van der Waals surface area (Å²) in [6.07, 6.45) is 3.30. The van der Waals surface area contributed by atoms with Gasteiger partial charge in [0, 0.05) is 11.4 Å². The molecule has 2 aromatic rings. The number of hydrogen-bond acceptors (Lipinski definition) is 4. The fourth-order valence-corrected chi connectivity index (χ4v) is 5.63. The highest BCUT2D eigenvalue weighted by atomic mass is 32.2. The standard InChI is InChI=1S/C18H26N2OS2/c1-6-20-16(21)14-12-9-8-11(18(3,4)5)10-13(12)23-15(14)19-17(20)22-7-2/h11H,6-10H2,1-5H3/t11-/m0/s1. The van der Waals surface area contributed by atoms with Crippen molar-refractivity contribution >= 4 is 33.3 Å². The van der Waals surface area contributed by atoms with Crippen molar-refractivity contribution in [2.75, 3.05) is 5.75 Å². The molecule has 0 fully saturated rings. The zero-order chi connectivity index (χ0) is 16.8. The first kappa shape index (κ1) is 17.0. The highest BCUT2D eigenvalue weighted by Crippen LogP contribution is 2.42. The quantitative estimate of drug-likeness (QED) is 0.592. The van der Waals surface area contributed by atoms with Gasteiger partial charge >= 0.3 is 0 Å². The Kier molecular flexibility index (Phi) is 4.62. The molecule has 0 saturated heterocycles. The largest absolute Gasteiger partial charge is 0.287 e. The molecule has 126 valence electrons. The first-order chi connectivity index (χ1) is 10.9. The lowest BCUT2D eigenvalue weighted by atomic mass is 9.72. The van der Waals surface area contributed by atoms with Gasteiger partial charge in [-0.1, -0.05) is 39.5 Å². The average Bonchev–Trinajstić information content (AvgIpc) is 2.84. The number of aromatic nitrogens is 2. The lowest BCUT2D eigenvalue weighted by molar-refractivity contribution is 0.218. The minimum absolute atomic E-state index is 0.167. The molecule has 0 radical (unpaired) electrons. The third kappa shape index (κ3) is 2.98. The Bertz CT molecular complexity index is 783. The van der Waals surface area contributed by atoms with Crippen LogP contribution >= 0.6 is 23.1 Å². The second kappa shape index (κ2) is 6.25. The number of thioether (sulfide) groups is 1. The summed E-state index contributed by atoms with van der Waals surface area (Å²) >= 11 is 3.42. The summed E-state index contributed by atoms with van der Waals surface area (Å²) < 4.78 is 1.85. The Morgan fingerprint density at radius 2 is 2.09 bits per heavy atom. The Morgan fingerprint density at radius 3 is 2.70 bits per heavy atom. The zero-order valence-electron chi connectivity index (χ0n) is 14.7. The van der Waals surface area contributed by atoms with E-state index < -0.39 is 0 Å². The van der Waals surface area contributed by atoms with E-state index in [-0.39, 0.29) is 5.56 Å². The summed E-state index contributed by atoms with van der Waals surface area (Å²) in [4.78, 5) is 20.2. The Balaban J connectivity index is 2.15. The average molecular weight is 351 g/mol. The van der Waals surface area contributed by atoms with Crippen LogP contribution in [0.3, 0.4) is 0 Å². The molecule has 0 spiro atoms. The maximum atomic E-state index is 13.0. The van der Waals surface area contributed by atoms with Crippen molar-refractivity contribution in [2.24, 2.45) is 11.3 Å². The van der Waals surface area contributed by atoms with Crippen molar-refractivity contribution in [3.05, 3.63) is 20.8 Å². The van der Waals surface area contributed by atoms with Crippen LogP contribution in [0.15, 0.2) is 9.95 Å². The first-order valence-corrected chi connectivity index (χ1v) is 10.3. The molecule has 2 aromatic heterocycles. The van der Waals surface area contributed by atoms with Gasteiger partial charge in [0.15, 0.2) is 5.16 Å². The van der Waals surface area contributed by atoms with Crippen LogP contribution in [0.25, 0.3) is 10.2 Å². The SMILES string of the molecule is CCSc1nc2sc3c(c2c(=O)n1CC)CC[C@H](C(C)(C)C)C3. The van der Waals surface area contributed by atoms with Crippen LogP contribution in [0, 0.1) is 11.3 Å². The molecule has 0 N–H and O–H groups in total.